The van der Waals surface area contributed by atoms with Crippen LogP contribution in [0.1, 0.15) is 36.6 Å². The van der Waals surface area contributed by atoms with Crippen molar-refractivity contribution in [2.75, 3.05) is 6.54 Å². The number of hydrogen-bond acceptors (Lipinski definition) is 3. The number of hydrogen-bond donors (Lipinski definition) is 1. The molecule has 14 heavy (non-hydrogen) atoms. The topological polar surface area (TPSA) is 35.8 Å². The van der Waals surface area contributed by atoms with Crippen molar-refractivity contribution in [1.82, 2.24) is 5.32 Å². The van der Waals surface area contributed by atoms with Gasteiger partial charge in [0.05, 0.1) is 0 Å². The average Bonchev–Trinajstić information content (AvgIpc) is 2.62. The van der Waals surface area contributed by atoms with Crippen molar-refractivity contribution >= 4 is 11.3 Å². The maximum absolute atomic E-state index is 8.69. The van der Waals surface area contributed by atoms with Gasteiger partial charge in [-0.05, 0) is 31.5 Å². The molecule has 1 atom stereocenters. The summed E-state index contributed by atoms with van der Waals surface area (Å²) in [6.07, 6.45) is 0. The second-order valence-electron chi connectivity index (χ2n) is 3.84. The lowest BCUT2D eigenvalue weighted by atomic mass is 10.2. The molecule has 76 valence electrons. The Bertz CT molecular complexity index is 322. The highest BCUT2D eigenvalue weighted by molar-refractivity contribution is 7.12. The lowest BCUT2D eigenvalue weighted by Crippen LogP contribution is -2.22. The molecule has 0 aliphatic heterocycles. The molecule has 1 N–H and O–H groups in total. The van der Waals surface area contributed by atoms with Gasteiger partial charge in [-0.25, -0.2) is 0 Å². The van der Waals surface area contributed by atoms with Crippen LogP contribution >= 0.6 is 11.3 Å². The monoisotopic (exact) mass is 208 g/mol. The Kier molecular flexibility index (Phi) is 4.12. The molecule has 3 heteroatoms. The Balaban J connectivity index is 2.52. The molecule has 1 heterocycles. The maximum Gasteiger partial charge on any atom is 0.110 e. The molecule has 1 aromatic heterocycles. The number of rotatable bonds is 4. The molecule has 0 aromatic carbocycles. The van der Waals surface area contributed by atoms with Gasteiger partial charge in [-0.3, -0.25) is 0 Å². The summed E-state index contributed by atoms with van der Waals surface area (Å²) in [5.74, 6) is 0.660. The molecule has 0 radical (unpaired) electrons. The highest BCUT2D eigenvalue weighted by atomic mass is 32.1. The summed E-state index contributed by atoms with van der Waals surface area (Å²) in [6.45, 7) is 7.53. The van der Waals surface area contributed by atoms with E-state index in [2.05, 4.69) is 32.2 Å². The fourth-order valence-electron chi connectivity index (χ4n) is 1.16. The summed E-state index contributed by atoms with van der Waals surface area (Å²) in [6, 6.07) is 6.42. The van der Waals surface area contributed by atoms with Gasteiger partial charge in [0.25, 0.3) is 0 Å². The third-order valence-electron chi connectivity index (χ3n) is 2.00. The van der Waals surface area contributed by atoms with Crippen LogP contribution in [0.3, 0.4) is 0 Å². The van der Waals surface area contributed by atoms with Crippen LogP contribution in [-0.2, 0) is 0 Å². The van der Waals surface area contributed by atoms with E-state index in [-0.39, 0.29) is 0 Å². The second kappa shape index (κ2) is 5.14. The largest absolute Gasteiger partial charge is 0.309 e. The quantitative estimate of drug-likeness (QED) is 0.825. The van der Waals surface area contributed by atoms with Gasteiger partial charge in [-0.1, -0.05) is 13.8 Å². The van der Waals surface area contributed by atoms with E-state index in [1.54, 1.807) is 11.3 Å². The predicted molar refractivity (Wildman–Crippen MR) is 60.3 cm³/mol. The first-order chi connectivity index (χ1) is 6.63. The fraction of sp³-hybridized carbons (Fsp3) is 0.545. The Morgan fingerprint density at radius 2 is 2.14 bits per heavy atom. The van der Waals surface area contributed by atoms with E-state index in [1.165, 1.54) is 4.88 Å². The maximum atomic E-state index is 8.69. The molecule has 0 bridgehead atoms. The second-order valence-corrected chi connectivity index (χ2v) is 4.95. The lowest BCUT2D eigenvalue weighted by Gasteiger charge is -2.13. The highest BCUT2D eigenvalue weighted by Gasteiger charge is 2.08. The van der Waals surface area contributed by atoms with Crippen molar-refractivity contribution in [3.63, 3.8) is 0 Å². The van der Waals surface area contributed by atoms with Crippen molar-refractivity contribution in [2.24, 2.45) is 5.92 Å². The molecular formula is C11H16N2S. The van der Waals surface area contributed by atoms with Gasteiger partial charge in [-0.15, -0.1) is 11.3 Å². The van der Waals surface area contributed by atoms with Gasteiger partial charge in [0.15, 0.2) is 0 Å². The van der Waals surface area contributed by atoms with Crippen LogP contribution in [-0.4, -0.2) is 6.54 Å². The van der Waals surface area contributed by atoms with Crippen molar-refractivity contribution in [1.29, 1.82) is 5.26 Å². The highest BCUT2D eigenvalue weighted by Crippen LogP contribution is 2.22. The summed E-state index contributed by atoms with van der Waals surface area (Å²) in [7, 11) is 0. The van der Waals surface area contributed by atoms with Crippen LogP contribution in [0.15, 0.2) is 12.1 Å². The van der Waals surface area contributed by atoms with E-state index < -0.39 is 0 Å². The summed E-state index contributed by atoms with van der Waals surface area (Å²) in [5.41, 5.74) is 0. The number of thiophene rings is 1. The van der Waals surface area contributed by atoms with Gasteiger partial charge >= 0.3 is 0 Å². The minimum atomic E-state index is 0.351. The Morgan fingerprint density at radius 3 is 2.64 bits per heavy atom. The third kappa shape index (κ3) is 3.13. The van der Waals surface area contributed by atoms with Gasteiger partial charge < -0.3 is 5.32 Å². The molecule has 1 aromatic rings. The van der Waals surface area contributed by atoms with Crippen LogP contribution in [0, 0.1) is 17.2 Å². The molecule has 0 saturated carbocycles. The zero-order valence-electron chi connectivity index (χ0n) is 8.87. The Labute approximate surface area is 89.6 Å². The number of nitrogens with one attached hydrogen (secondary N) is 1. The van der Waals surface area contributed by atoms with Crippen molar-refractivity contribution in [2.45, 2.75) is 26.8 Å². The van der Waals surface area contributed by atoms with Crippen LogP contribution in [0.4, 0.5) is 0 Å². The fourth-order valence-corrected chi connectivity index (χ4v) is 1.99. The normalized spacial score (nSPS) is 12.8. The van der Waals surface area contributed by atoms with E-state index in [4.69, 9.17) is 5.26 Å². The molecule has 1 rings (SSSR count). The minimum absolute atomic E-state index is 0.351. The third-order valence-corrected chi connectivity index (χ3v) is 3.17. The number of nitriles is 1. The van der Waals surface area contributed by atoms with Crippen molar-refractivity contribution < 1.29 is 0 Å². The summed E-state index contributed by atoms with van der Waals surface area (Å²) < 4.78 is 0. The summed E-state index contributed by atoms with van der Waals surface area (Å²) >= 11 is 1.57. The van der Waals surface area contributed by atoms with Crippen LogP contribution < -0.4 is 5.32 Å². The van der Waals surface area contributed by atoms with Crippen molar-refractivity contribution in [3.8, 4) is 6.07 Å². The van der Waals surface area contributed by atoms with Crippen molar-refractivity contribution in [3.05, 3.63) is 21.9 Å². The van der Waals surface area contributed by atoms with Crippen LogP contribution in [0.2, 0.25) is 0 Å². The van der Waals surface area contributed by atoms with E-state index >= 15 is 0 Å². The van der Waals surface area contributed by atoms with E-state index in [9.17, 15) is 0 Å². The van der Waals surface area contributed by atoms with Crippen LogP contribution in [0.25, 0.3) is 0 Å². The first-order valence-electron chi connectivity index (χ1n) is 4.86. The van der Waals surface area contributed by atoms with Gasteiger partial charge in [0, 0.05) is 10.9 Å². The molecule has 0 aliphatic carbocycles. The zero-order chi connectivity index (χ0) is 10.6. The Hall–Kier alpha value is -0.850. The van der Waals surface area contributed by atoms with E-state index in [0.717, 1.165) is 11.4 Å². The van der Waals surface area contributed by atoms with Gasteiger partial charge in [-0.2, -0.15) is 5.26 Å². The smallest absolute Gasteiger partial charge is 0.110 e. The first-order valence-corrected chi connectivity index (χ1v) is 5.68. The minimum Gasteiger partial charge on any atom is -0.309 e. The lowest BCUT2D eigenvalue weighted by molar-refractivity contribution is 0.500. The molecule has 2 nitrogen and oxygen atoms in total. The summed E-state index contributed by atoms with van der Waals surface area (Å²) in [4.78, 5) is 2.03. The first kappa shape index (κ1) is 11.2. The van der Waals surface area contributed by atoms with E-state index in [0.29, 0.717) is 12.0 Å². The standard InChI is InChI=1S/C11H16N2S/c1-8(2)7-13-9(3)11-5-4-10(6-12)14-11/h4-5,8-9,13H,7H2,1-3H3. The van der Waals surface area contributed by atoms with Gasteiger partial charge in [0.2, 0.25) is 0 Å². The predicted octanol–water partition coefficient (Wildman–Crippen LogP) is 2.93. The SMILES string of the molecule is CC(C)CNC(C)c1ccc(C#N)s1. The number of nitrogens with zero attached hydrogens (tertiary/aromatic N) is 1. The summed E-state index contributed by atoms with van der Waals surface area (Å²) in [5, 5.41) is 12.1. The molecule has 0 fully saturated rings. The molecular weight excluding hydrogens is 192 g/mol. The van der Waals surface area contributed by atoms with Crippen LogP contribution in [0.5, 0.6) is 0 Å². The molecule has 0 spiro atoms. The molecule has 0 saturated heterocycles. The molecule has 0 amide bonds. The van der Waals surface area contributed by atoms with Gasteiger partial charge in [0.1, 0.15) is 10.9 Å². The average molecular weight is 208 g/mol. The van der Waals surface area contributed by atoms with E-state index in [1.807, 2.05) is 12.1 Å². The molecule has 1 unspecified atom stereocenters. The zero-order valence-corrected chi connectivity index (χ0v) is 9.69. The Morgan fingerprint density at radius 1 is 1.43 bits per heavy atom. The molecule has 0 aliphatic rings.